The Bertz CT molecular complexity index is 3100. The van der Waals surface area contributed by atoms with E-state index >= 15 is 0 Å². The Morgan fingerprint density at radius 2 is 0.831 bits per heavy atom. The molecule has 0 atom stereocenters. The zero-order chi connectivity index (χ0) is 39.7. The molecule has 0 unspecified atom stereocenters. The molecule has 4 heteroatoms. The van der Waals surface area contributed by atoms with Crippen LogP contribution in [0.1, 0.15) is 25.5 Å². The maximum atomic E-state index is 5.33. The van der Waals surface area contributed by atoms with E-state index in [9.17, 15) is 0 Å². The van der Waals surface area contributed by atoms with Crippen molar-refractivity contribution in [3.8, 4) is 78.5 Å². The van der Waals surface area contributed by atoms with Gasteiger partial charge in [0.1, 0.15) is 0 Å². The molecule has 280 valence electrons. The normalized spacial score (nSPS) is 11.4. The fraction of sp³-hybridized carbons (Fsp3) is 0.0545. The van der Waals surface area contributed by atoms with Gasteiger partial charge in [-0.1, -0.05) is 184 Å². The summed E-state index contributed by atoms with van der Waals surface area (Å²) >= 11 is 0. The van der Waals surface area contributed by atoms with Gasteiger partial charge in [0.2, 0.25) is 0 Å². The predicted molar refractivity (Wildman–Crippen MR) is 245 cm³/mol. The first kappa shape index (κ1) is 35.8. The molecule has 0 saturated carbocycles. The summed E-state index contributed by atoms with van der Waals surface area (Å²) in [6.07, 6.45) is 0. The highest BCUT2D eigenvalue weighted by Crippen LogP contribution is 2.36. The van der Waals surface area contributed by atoms with Gasteiger partial charge in [0.05, 0.1) is 28.1 Å². The monoisotopic (exact) mass is 756 g/mol. The number of benzene rings is 7. The van der Waals surface area contributed by atoms with Crippen LogP contribution in [0.3, 0.4) is 0 Å². The lowest BCUT2D eigenvalue weighted by Crippen LogP contribution is -1.97. The first-order chi connectivity index (χ1) is 29.0. The Kier molecular flexibility index (Phi) is 9.36. The van der Waals surface area contributed by atoms with Crippen LogP contribution in [-0.4, -0.2) is 19.9 Å². The van der Waals surface area contributed by atoms with Crippen LogP contribution in [0, 0.1) is 0 Å². The summed E-state index contributed by atoms with van der Waals surface area (Å²) in [6, 6.07) is 70.1. The molecule has 3 heterocycles. The van der Waals surface area contributed by atoms with Crippen molar-refractivity contribution in [1.29, 1.82) is 0 Å². The molecule has 0 amide bonds. The molecule has 0 saturated heterocycles. The van der Waals surface area contributed by atoms with Gasteiger partial charge in [-0.05, 0) is 69.6 Å². The topological polar surface area (TPSA) is 51.6 Å². The van der Waals surface area contributed by atoms with Gasteiger partial charge < -0.3 is 0 Å². The highest BCUT2D eigenvalue weighted by Gasteiger charge is 2.16. The lowest BCUT2D eigenvalue weighted by molar-refractivity contribution is 0.831. The molecule has 0 radical (unpaired) electrons. The summed E-state index contributed by atoms with van der Waals surface area (Å²) in [5.41, 5.74) is 16.5. The number of fused-ring (bicyclic) bond motifs is 3. The first-order valence-corrected chi connectivity index (χ1v) is 20.2. The molecule has 0 bridgehead atoms. The van der Waals surface area contributed by atoms with Crippen LogP contribution in [0.4, 0.5) is 0 Å². The highest BCUT2D eigenvalue weighted by molar-refractivity contribution is 6.08. The average molecular weight is 757 g/mol. The predicted octanol–water partition coefficient (Wildman–Crippen LogP) is 14.4. The molecule has 0 fully saturated rings. The zero-order valence-corrected chi connectivity index (χ0v) is 32.9. The van der Waals surface area contributed by atoms with Gasteiger partial charge in [-0.15, -0.1) is 0 Å². The van der Waals surface area contributed by atoms with Gasteiger partial charge in [-0.2, -0.15) is 0 Å². The minimum Gasteiger partial charge on any atom is -0.250 e. The summed E-state index contributed by atoms with van der Waals surface area (Å²) in [6.45, 7) is 4.40. The van der Waals surface area contributed by atoms with Gasteiger partial charge in [-0.25, -0.2) is 15.0 Å². The maximum Gasteiger partial charge on any atom is 0.160 e. The van der Waals surface area contributed by atoms with E-state index in [-0.39, 0.29) is 5.92 Å². The molecule has 10 aromatic rings. The van der Waals surface area contributed by atoms with Crippen molar-refractivity contribution in [2.75, 3.05) is 0 Å². The second kappa shape index (κ2) is 15.4. The van der Waals surface area contributed by atoms with E-state index in [4.69, 9.17) is 19.9 Å². The van der Waals surface area contributed by atoms with Crippen LogP contribution in [0.2, 0.25) is 0 Å². The maximum absolute atomic E-state index is 5.33. The molecular weight excluding hydrogens is 717 g/mol. The number of aromatic nitrogens is 4. The molecule has 10 rings (SSSR count). The molecule has 0 aliphatic heterocycles. The van der Waals surface area contributed by atoms with Crippen molar-refractivity contribution >= 4 is 21.8 Å². The minimum atomic E-state index is 0.276. The van der Waals surface area contributed by atoms with E-state index in [0.717, 1.165) is 83.5 Å². The van der Waals surface area contributed by atoms with Crippen molar-refractivity contribution in [2.24, 2.45) is 0 Å². The van der Waals surface area contributed by atoms with Crippen molar-refractivity contribution in [3.63, 3.8) is 0 Å². The highest BCUT2D eigenvalue weighted by atomic mass is 14.9. The summed E-state index contributed by atoms with van der Waals surface area (Å²) < 4.78 is 0. The van der Waals surface area contributed by atoms with E-state index in [2.05, 4.69) is 190 Å². The third-order valence-corrected chi connectivity index (χ3v) is 11.0. The second-order valence-corrected chi connectivity index (χ2v) is 15.3. The van der Waals surface area contributed by atoms with Crippen LogP contribution in [0.5, 0.6) is 0 Å². The van der Waals surface area contributed by atoms with Crippen molar-refractivity contribution in [3.05, 3.63) is 206 Å². The zero-order valence-electron chi connectivity index (χ0n) is 32.9. The number of rotatable bonds is 8. The SMILES string of the molecule is CC(C)c1cc(-c2ccccc2)c2ccc3ccc(-c4cccc(-c5cccc(-c6cc(-c7ccccc7)nc(-c7ccc(-c8ccccc8)cc7)n6)c5)c4)nc3c2n1. The van der Waals surface area contributed by atoms with Crippen LogP contribution in [0.25, 0.3) is 100 Å². The largest absolute Gasteiger partial charge is 0.250 e. The Morgan fingerprint density at radius 1 is 0.322 bits per heavy atom. The minimum absolute atomic E-state index is 0.276. The van der Waals surface area contributed by atoms with E-state index < -0.39 is 0 Å². The molecule has 3 aromatic heterocycles. The Hall–Kier alpha value is -7.56. The Balaban J connectivity index is 1.03. The fourth-order valence-electron chi connectivity index (χ4n) is 7.84. The number of nitrogens with zero attached hydrogens (tertiary/aromatic N) is 4. The van der Waals surface area contributed by atoms with Crippen molar-refractivity contribution < 1.29 is 0 Å². The molecule has 59 heavy (non-hydrogen) atoms. The van der Waals surface area contributed by atoms with E-state index in [1.54, 1.807) is 0 Å². The third-order valence-electron chi connectivity index (χ3n) is 11.0. The molecular formula is C55H40N4. The molecule has 0 spiro atoms. The number of hydrogen-bond acceptors (Lipinski definition) is 4. The molecule has 7 aromatic carbocycles. The molecule has 0 N–H and O–H groups in total. The van der Waals surface area contributed by atoms with Gasteiger partial charge in [0.25, 0.3) is 0 Å². The van der Waals surface area contributed by atoms with E-state index in [1.165, 1.54) is 16.7 Å². The smallest absolute Gasteiger partial charge is 0.160 e. The van der Waals surface area contributed by atoms with Crippen molar-refractivity contribution in [1.82, 2.24) is 19.9 Å². The lowest BCUT2D eigenvalue weighted by atomic mass is 9.96. The Morgan fingerprint density at radius 3 is 1.47 bits per heavy atom. The van der Waals surface area contributed by atoms with E-state index in [0.29, 0.717) is 5.82 Å². The van der Waals surface area contributed by atoms with Gasteiger partial charge >= 0.3 is 0 Å². The van der Waals surface area contributed by atoms with Gasteiger partial charge in [-0.3, -0.25) is 4.98 Å². The quantitative estimate of drug-likeness (QED) is 0.145. The average Bonchev–Trinajstić information content (AvgIpc) is 3.31. The molecule has 0 aliphatic rings. The number of hydrogen-bond donors (Lipinski definition) is 0. The van der Waals surface area contributed by atoms with E-state index in [1.807, 2.05) is 24.3 Å². The van der Waals surface area contributed by atoms with Crippen LogP contribution < -0.4 is 0 Å². The lowest BCUT2D eigenvalue weighted by Gasteiger charge is -2.14. The first-order valence-electron chi connectivity index (χ1n) is 20.2. The molecule has 4 nitrogen and oxygen atoms in total. The van der Waals surface area contributed by atoms with Crippen LogP contribution in [0.15, 0.2) is 200 Å². The summed E-state index contributed by atoms with van der Waals surface area (Å²) in [4.78, 5) is 20.8. The standard InChI is InChI=1S/C55H40N4/c1-36(2)50-34-48(39-16-8-4-9-17-39)47-30-28-41-29-31-49(56-53(41)54(47)57-50)45-22-12-20-43(32-45)44-21-13-23-46(33-44)52-35-51(40-18-10-5-11-19-40)58-55(59-52)42-26-24-38(25-27-42)37-14-6-3-7-15-37/h3-36H,1-2H3. The van der Waals surface area contributed by atoms with Crippen molar-refractivity contribution in [2.45, 2.75) is 19.8 Å². The van der Waals surface area contributed by atoms with Gasteiger partial charge in [0, 0.05) is 38.7 Å². The van der Waals surface area contributed by atoms with Crippen LogP contribution >= 0.6 is 0 Å². The van der Waals surface area contributed by atoms with Gasteiger partial charge in [0.15, 0.2) is 5.82 Å². The van der Waals surface area contributed by atoms with Crippen LogP contribution in [-0.2, 0) is 0 Å². The summed E-state index contributed by atoms with van der Waals surface area (Å²) in [7, 11) is 0. The fourth-order valence-corrected chi connectivity index (χ4v) is 7.84. The molecule has 0 aliphatic carbocycles. The number of pyridine rings is 2. The summed E-state index contributed by atoms with van der Waals surface area (Å²) in [5, 5.41) is 2.18. The summed E-state index contributed by atoms with van der Waals surface area (Å²) in [5.74, 6) is 0.965. The third kappa shape index (κ3) is 7.17. The second-order valence-electron chi connectivity index (χ2n) is 15.3. The Labute approximate surface area is 344 Å².